The molecular formula is C20H17N3O3. The molecule has 130 valence electrons. The van der Waals surface area contributed by atoms with E-state index in [0.717, 1.165) is 29.0 Å². The van der Waals surface area contributed by atoms with Gasteiger partial charge in [-0.3, -0.25) is 9.59 Å². The molecular weight excluding hydrogens is 330 g/mol. The molecule has 1 amide bonds. The van der Waals surface area contributed by atoms with Crippen molar-refractivity contribution in [3.05, 3.63) is 75.7 Å². The van der Waals surface area contributed by atoms with Crippen LogP contribution in [0.4, 0.5) is 5.82 Å². The molecule has 1 aliphatic heterocycles. The van der Waals surface area contributed by atoms with E-state index in [4.69, 9.17) is 4.74 Å². The van der Waals surface area contributed by atoms with Gasteiger partial charge < -0.3 is 15.0 Å². The molecule has 0 aliphatic carbocycles. The lowest BCUT2D eigenvalue weighted by Gasteiger charge is -2.08. The Morgan fingerprint density at radius 3 is 2.92 bits per heavy atom. The molecule has 0 fully saturated rings. The van der Waals surface area contributed by atoms with Crippen molar-refractivity contribution in [2.24, 2.45) is 0 Å². The van der Waals surface area contributed by atoms with Crippen LogP contribution in [0.3, 0.4) is 0 Å². The number of aromatic nitrogens is 2. The van der Waals surface area contributed by atoms with Crippen molar-refractivity contribution in [3.63, 3.8) is 0 Å². The van der Waals surface area contributed by atoms with Crippen LogP contribution in [0.25, 0.3) is 11.3 Å². The Balaban J connectivity index is 1.60. The zero-order chi connectivity index (χ0) is 18.1. The highest BCUT2D eigenvalue weighted by Gasteiger charge is 2.14. The van der Waals surface area contributed by atoms with Crippen molar-refractivity contribution < 1.29 is 9.53 Å². The van der Waals surface area contributed by atoms with E-state index >= 15 is 0 Å². The fourth-order valence-corrected chi connectivity index (χ4v) is 2.95. The Morgan fingerprint density at radius 1 is 1.19 bits per heavy atom. The van der Waals surface area contributed by atoms with E-state index in [1.54, 1.807) is 19.1 Å². The quantitative estimate of drug-likeness (QED) is 0.763. The lowest BCUT2D eigenvalue weighted by molar-refractivity contribution is 0.102. The first-order valence-electron chi connectivity index (χ1n) is 8.34. The summed E-state index contributed by atoms with van der Waals surface area (Å²) in [5.41, 5.74) is 3.20. The van der Waals surface area contributed by atoms with Gasteiger partial charge in [-0.25, -0.2) is 4.98 Å². The minimum Gasteiger partial charge on any atom is -0.493 e. The lowest BCUT2D eigenvalue weighted by Crippen LogP contribution is -2.23. The Hall–Kier alpha value is -3.41. The van der Waals surface area contributed by atoms with Gasteiger partial charge in [-0.1, -0.05) is 6.07 Å². The number of nitrogens with one attached hydrogen (secondary N) is 2. The number of hydrogen-bond acceptors (Lipinski definition) is 4. The number of carbonyl (C=O) groups is 1. The summed E-state index contributed by atoms with van der Waals surface area (Å²) in [6.45, 7) is 2.46. The number of carbonyl (C=O) groups excluding carboxylic acids is 1. The molecule has 0 atom stereocenters. The summed E-state index contributed by atoms with van der Waals surface area (Å²) in [4.78, 5) is 31.4. The van der Waals surface area contributed by atoms with E-state index in [0.29, 0.717) is 18.1 Å². The third-order valence-electron chi connectivity index (χ3n) is 4.28. The first-order chi connectivity index (χ1) is 12.6. The molecule has 6 heteroatoms. The summed E-state index contributed by atoms with van der Waals surface area (Å²) in [5, 5.41) is 2.69. The van der Waals surface area contributed by atoms with Crippen LogP contribution in [0.1, 0.15) is 21.6 Å². The number of benzene rings is 1. The molecule has 1 aliphatic rings. The summed E-state index contributed by atoms with van der Waals surface area (Å²) in [7, 11) is 0. The van der Waals surface area contributed by atoms with E-state index in [-0.39, 0.29) is 5.56 Å². The first-order valence-corrected chi connectivity index (χ1v) is 8.34. The van der Waals surface area contributed by atoms with E-state index in [1.165, 1.54) is 6.07 Å². The molecule has 3 heterocycles. The van der Waals surface area contributed by atoms with E-state index in [1.807, 2.05) is 24.3 Å². The standard InChI is InChI=1S/C20H17N3O3/c1-12-5-7-15(19(24)21-12)20(25)23-18-4-2-3-16(22-18)13-6-8-17-14(11-13)9-10-26-17/h2-8,11H,9-10H2,1H3,(H,21,24)(H,22,23,25). The zero-order valence-electron chi connectivity index (χ0n) is 14.2. The molecule has 2 aromatic heterocycles. The van der Waals surface area contributed by atoms with Crippen LogP contribution in [0.2, 0.25) is 0 Å². The second kappa shape index (κ2) is 6.48. The maximum atomic E-state index is 12.4. The van der Waals surface area contributed by atoms with Gasteiger partial charge in [-0.15, -0.1) is 0 Å². The number of rotatable bonds is 3. The number of amides is 1. The number of H-pyrrole nitrogens is 1. The predicted octanol–water partition coefficient (Wildman–Crippen LogP) is 2.93. The van der Waals surface area contributed by atoms with Gasteiger partial charge in [-0.2, -0.15) is 0 Å². The molecule has 0 unspecified atom stereocenters. The van der Waals surface area contributed by atoms with Gasteiger partial charge in [0, 0.05) is 17.7 Å². The molecule has 0 saturated carbocycles. The average Bonchev–Trinajstić information content (AvgIpc) is 3.09. The summed E-state index contributed by atoms with van der Waals surface area (Å²) in [6, 6.07) is 14.5. The Labute approximate surface area is 149 Å². The molecule has 0 spiro atoms. The van der Waals surface area contributed by atoms with Crippen molar-refractivity contribution in [3.8, 4) is 17.0 Å². The monoisotopic (exact) mass is 347 g/mol. The molecule has 6 nitrogen and oxygen atoms in total. The molecule has 1 aromatic carbocycles. The average molecular weight is 347 g/mol. The highest BCUT2D eigenvalue weighted by Crippen LogP contribution is 2.30. The van der Waals surface area contributed by atoms with Crippen molar-refractivity contribution in [1.29, 1.82) is 0 Å². The normalized spacial score (nSPS) is 12.3. The fourth-order valence-electron chi connectivity index (χ4n) is 2.95. The van der Waals surface area contributed by atoms with Crippen LogP contribution in [0.5, 0.6) is 5.75 Å². The van der Waals surface area contributed by atoms with Gasteiger partial charge in [0.15, 0.2) is 0 Å². The number of pyridine rings is 2. The highest BCUT2D eigenvalue weighted by molar-refractivity contribution is 6.03. The van der Waals surface area contributed by atoms with Crippen molar-refractivity contribution in [2.45, 2.75) is 13.3 Å². The van der Waals surface area contributed by atoms with Gasteiger partial charge in [0.25, 0.3) is 11.5 Å². The third kappa shape index (κ3) is 3.09. The maximum absolute atomic E-state index is 12.4. The zero-order valence-corrected chi connectivity index (χ0v) is 14.2. The minimum atomic E-state index is -0.488. The minimum absolute atomic E-state index is 0.0532. The lowest BCUT2D eigenvalue weighted by atomic mass is 10.1. The van der Waals surface area contributed by atoms with Gasteiger partial charge in [0.2, 0.25) is 0 Å². The summed E-state index contributed by atoms with van der Waals surface area (Å²) >= 11 is 0. The number of anilines is 1. The Morgan fingerprint density at radius 2 is 2.08 bits per heavy atom. The number of aromatic amines is 1. The predicted molar refractivity (Wildman–Crippen MR) is 98.6 cm³/mol. The van der Waals surface area contributed by atoms with Gasteiger partial charge in [0.05, 0.1) is 12.3 Å². The van der Waals surface area contributed by atoms with Crippen LogP contribution in [-0.4, -0.2) is 22.5 Å². The fraction of sp³-hybridized carbons (Fsp3) is 0.150. The molecule has 3 aromatic rings. The van der Waals surface area contributed by atoms with Crippen molar-refractivity contribution >= 4 is 11.7 Å². The van der Waals surface area contributed by atoms with Crippen LogP contribution in [0, 0.1) is 6.92 Å². The number of nitrogens with zero attached hydrogens (tertiary/aromatic N) is 1. The molecule has 0 bridgehead atoms. The summed E-state index contributed by atoms with van der Waals surface area (Å²) in [5.74, 6) is 0.819. The number of aryl methyl sites for hydroxylation is 1. The second-order valence-corrected chi connectivity index (χ2v) is 6.17. The van der Waals surface area contributed by atoms with Crippen molar-refractivity contribution in [1.82, 2.24) is 9.97 Å². The smallest absolute Gasteiger partial charge is 0.262 e. The van der Waals surface area contributed by atoms with E-state index < -0.39 is 11.5 Å². The second-order valence-electron chi connectivity index (χ2n) is 6.17. The topological polar surface area (TPSA) is 84.1 Å². The van der Waals surface area contributed by atoms with Gasteiger partial charge in [-0.05, 0) is 55.0 Å². The van der Waals surface area contributed by atoms with Crippen LogP contribution >= 0.6 is 0 Å². The molecule has 0 saturated heterocycles. The first kappa shape index (κ1) is 16.1. The van der Waals surface area contributed by atoms with Crippen LogP contribution in [0.15, 0.2) is 53.3 Å². The molecule has 4 rings (SSSR count). The molecule has 26 heavy (non-hydrogen) atoms. The number of hydrogen-bond donors (Lipinski definition) is 2. The summed E-state index contributed by atoms with van der Waals surface area (Å²) in [6.07, 6.45) is 0.885. The highest BCUT2D eigenvalue weighted by atomic mass is 16.5. The Bertz CT molecular complexity index is 1060. The Kier molecular flexibility index (Phi) is 4.01. The van der Waals surface area contributed by atoms with Gasteiger partial charge >= 0.3 is 0 Å². The van der Waals surface area contributed by atoms with Crippen molar-refractivity contribution in [2.75, 3.05) is 11.9 Å². The van der Waals surface area contributed by atoms with Gasteiger partial charge in [0.1, 0.15) is 17.1 Å². The third-order valence-corrected chi connectivity index (χ3v) is 4.28. The van der Waals surface area contributed by atoms with E-state index in [9.17, 15) is 9.59 Å². The van der Waals surface area contributed by atoms with Crippen LogP contribution < -0.4 is 15.6 Å². The maximum Gasteiger partial charge on any atom is 0.262 e. The van der Waals surface area contributed by atoms with E-state index in [2.05, 4.69) is 21.4 Å². The largest absolute Gasteiger partial charge is 0.493 e. The molecule has 0 radical (unpaired) electrons. The molecule has 2 N–H and O–H groups in total. The summed E-state index contributed by atoms with van der Waals surface area (Å²) < 4.78 is 5.52. The van der Waals surface area contributed by atoms with Crippen LogP contribution in [-0.2, 0) is 6.42 Å². The number of ether oxygens (including phenoxy) is 1. The number of fused-ring (bicyclic) bond motifs is 1. The SMILES string of the molecule is Cc1ccc(C(=O)Nc2cccc(-c3ccc4c(c3)CCO4)n2)c(=O)[nH]1.